The molecule has 0 saturated carbocycles. The first kappa shape index (κ1) is 8.68. The molecule has 12 heavy (non-hydrogen) atoms. The van der Waals surface area contributed by atoms with Gasteiger partial charge >= 0.3 is 0 Å². The van der Waals surface area contributed by atoms with Crippen LogP contribution >= 0.6 is 0 Å². The Morgan fingerprint density at radius 3 is 3.08 bits per heavy atom. The maximum Gasteiger partial charge on any atom is 0.252 e. The molecule has 0 spiro atoms. The normalized spacial score (nSPS) is 12.4. The van der Waals surface area contributed by atoms with Crippen molar-refractivity contribution in [1.82, 2.24) is 14.8 Å². The molecular weight excluding hydrogens is 156 g/mol. The number of hydrogen-bond acceptors (Lipinski definition) is 4. The van der Waals surface area contributed by atoms with Gasteiger partial charge in [0, 0.05) is 7.11 Å². The third-order valence-corrected chi connectivity index (χ3v) is 1.48. The molecule has 0 fully saturated rings. The number of hydrogen-bond donors (Lipinski definition) is 0. The molecule has 0 aliphatic carbocycles. The number of aromatic nitrogens is 3. The fourth-order valence-corrected chi connectivity index (χ4v) is 0.772. The molecule has 0 amide bonds. The minimum atomic E-state index is 0.0817. The van der Waals surface area contributed by atoms with Gasteiger partial charge in [-0.1, -0.05) is 0 Å². The van der Waals surface area contributed by atoms with Gasteiger partial charge in [0.2, 0.25) is 0 Å². The number of rotatable bonds is 3. The first-order valence-electron chi connectivity index (χ1n) is 3.58. The highest BCUT2D eigenvalue weighted by molar-refractivity contribution is 5.05. The number of nitrogens with zero attached hydrogens (tertiary/aromatic N) is 4. The van der Waals surface area contributed by atoms with E-state index in [-0.39, 0.29) is 11.9 Å². The lowest BCUT2D eigenvalue weighted by Crippen LogP contribution is -2.14. The first-order chi connectivity index (χ1) is 5.76. The summed E-state index contributed by atoms with van der Waals surface area (Å²) in [6.45, 7) is 2.54. The molecule has 5 heteroatoms. The van der Waals surface area contributed by atoms with Crippen LogP contribution in [-0.4, -0.2) is 28.0 Å². The molecule has 0 N–H and O–H groups in total. The molecule has 0 saturated heterocycles. The van der Waals surface area contributed by atoms with Gasteiger partial charge in [-0.05, 0) is 6.92 Å². The zero-order valence-corrected chi connectivity index (χ0v) is 7.06. The lowest BCUT2D eigenvalue weighted by Gasteiger charge is -2.07. The molecule has 1 heterocycles. The van der Waals surface area contributed by atoms with Crippen molar-refractivity contribution in [2.24, 2.45) is 0 Å². The minimum Gasteiger partial charge on any atom is -0.380 e. The zero-order valence-electron chi connectivity index (χ0n) is 7.06. The van der Waals surface area contributed by atoms with Crippen molar-refractivity contribution in [2.45, 2.75) is 19.6 Å². The maximum atomic E-state index is 8.42. The van der Waals surface area contributed by atoms with Crippen molar-refractivity contribution in [3.8, 4) is 6.07 Å². The van der Waals surface area contributed by atoms with Crippen molar-refractivity contribution in [1.29, 1.82) is 5.26 Å². The molecule has 1 atom stereocenters. The van der Waals surface area contributed by atoms with Gasteiger partial charge in [-0.2, -0.15) is 5.26 Å². The van der Waals surface area contributed by atoms with Crippen LogP contribution in [0, 0.1) is 11.3 Å². The van der Waals surface area contributed by atoms with Crippen LogP contribution in [0.4, 0.5) is 0 Å². The molecule has 64 valence electrons. The summed E-state index contributed by atoms with van der Waals surface area (Å²) < 4.78 is 6.62. The molecule has 5 nitrogen and oxygen atoms in total. The second kappa shape index (κ2) is 3.83. The molecule has 0 aliphatic rings. The van der Waals surface area contributed by atoms with Gasteiger partial charge < -0.3 is 4.74 Å². The Morgan fingerprint density at radius 1 is 1.83 bits per heavy atom. The number of nitriles is 1. The average Bonchev–Trinajstić information content (AvgIpc) is 2.52. The van der Waals surface area contributed by atoms with Gasteiger partial charge in [0.15, 0.2) is 0 Å². The molecule has 1 aromatic rings. The van der Waals surface area contributed by atoms with Crippen LogP contribution in [0.1, 0.15) is 12.7 Å². The number of methoxy groups -OCH3 is 1. The quantitative estimate of drug-likeness (QED) is 0.642. The predicted octanol–water partition coefficient (Wildman–Crippen LogP) is 0.185. The van der Waals surface area contributed by atoms with E-state index in [2.05, 4.69) is 10.1 Å². The standard InChI is InChI=1S/C7H10N4O/c1-6(12-2)4-11-5-9-7(3-8)10-11/h5-6H,4H2,1-2H3. The van der Waals surface area contributed by atoms with Crippen LogP contribution in [0.5, 0.6) is 0 Å². The van der Waals surface area contributed by atoms with Gasteiger partial charge in [0.1, 0.15) is 12.4 Å². The van der Waals surface area contributed by atoms with Gasteiger partial charge in [0.05, 0.1) is 12.6 Å². The largest absolute Gasteiger partial charge is 0.380 e. The van der Waals surface area contributed by atoms with Crippen LogP contribution in [0.3, 0.4) is 0 Å². The lowest BCUT2D eigenvalue weighted by molar-refractivity contribution is 0.0997. The Bertz CT molecular complexity index is 288. The summed E-state index contributed by atoms with van der Waals surface area (Å²) in [6, 6.07) is 1.85. The van der Waals surface area contributed by atoms with Crippen molar-refractivity contribution in [3.05, 3.63) is 12.2 Å². The van der Waals surface area contributed by atoms with E-state index in [0.29, 0.717) is 6.54 Å². The van der Waals surface area contributed by atoms with Crippen LogP contribution in [0.25, 0.3) is 0 Å². The smallest absolute Gasteiger partial charge is 0.252 e. The van der Waals surface area contributed by atoms with Crippen molar-refractivity contribution in [2.75, 3.05) is 7.11 Å². The summed E-state index contributed by atoms with van der Waals surface area (Å²) in [7, 11) is 1.63. The van der Waals surface area contributed by atoms with E-state index in [4.69, 9.17) is 10.00 Å². The van der Waals surface area contributed by atoms with Crippen molar-refractivity contribution in [3.63, 3.8) is 0 Å². The van der Waals surface area contributed by atoms with Crippen molar-refractivity contribution < 1.29 is 4.74 Å². The monoisotopic (exact) mass is 166 g/mol. The molecule has 1 unspecified atom stereocenters. The minimum absolute atomic E-state index is 0.0817. The summed E-state index contributed by atoms with van der Waals surface area (Å²) in [5.74, 6) is 0.193. The average molecular weight is 166 g/mol. The Balaban J connectivity index is 2.59. The molecule has 0 bridgehead atoms. The Hall–Kier alpha value is -1.41. The van der Waals surface area contributed by atoms with E-state index >= 15 is 0 Å². The fraction of sp³-hybridized carbons (Fsp3) is 0.571. The van der Waals surface area contributed by atoms with E-state index in [1.807, 2.05) is 13.0 Å². The summed E-state index contributed by atoms with van der Waals surface area (Å²) in [6.07, 6.45) is 1.60. The third kappa shape index (κ3) is 2.04. The maximum absolute atomic E-state index is 8.42. The first-order valence-corrected chi connectivity index (χ1v) is 3.58. The third-order valence-electron chi connectivity index (χ3n) is 1.48. The van der Waals surface area contributed by atoms with E-state index in [1.165, 1.54) is 6.33 Å². The fourth-order valence-electron chi connectivity index (χ4n) is 0.772. The molecule has 1 rings (SSSR count). The van der Waals surface area contributed by atoms with Crippen LogP contribution in [0.15, 0.2) is 6.33 Å². The molecular formula is C7H10N4O. The Morgan fingerprint density at radius 2 is 2.58 bits per heavy atom. The topological polar surface area (TPSA) is 63.7 Å². The SMILES string of the molecule is COC(C)Cn1cnc(C#N)n1. The van der Waals surface area contributed by atoms with Gasteiger partial charge in [-0.3, -0.25) is 0 Å². The molecule has 0 aromatic carbocycles. The summed E-state index contributed by atoms with van der Waals surface area (Å²) in [5.41, 5.74) is 0. The van der Waals surface area contributed by atoms with E-state index in [9.17, 15) is 0 Å². The second-order valence-corrected chi connectivity index (χ2v) is 2.45. The van der Waals surface area contributed by atoms with Gasteiger partial charge in [0.25, 0.3) is 5.82 Å². The molecule has 0 radical (unpaired) electrons. The summed E-state index contributed by atoms with van der Waals surface area (Å²) >= 11 is 0. The van der Waals surface area contributed by atoms with Crippen LogP contribution in [0.2, 0.25) is 0 Å². The molecule has 1 aromatic heterocycles. The van der Waals surface area contributed by atoms with Crippen LogP contribution < -0.4 is 0 Å². The Labute approximate surface area is 70.6 Å². The van der Waals surface area contributed by atoms with E-state index in [1.54, 1.807) is 11.8 Å². The highest BCUT2D eigenvalue weighted by atomic mass is 16.5. The van der Waals surface area contributed by atoms with Crippen LogP contribution in [-0.2, 0) is 11.3 Å². The highest BCUT2D eigenvalue weighted by Crippen LogP contribution is 1.93. The summed E-state index contributed by atoms with van der Waals surface area (Å²) in [5, 5.41) is 12.3. The zero-order chi connectivity index (χ0) is 8.97. The van der Waals surface area contributed by atoms with Gasteiger partial charge in [-0.15, -0.1) is 5.10 Å². The summed E-state index contributed by atoms with van der Waals surface area (Å²) in [4.78, 5) is 3.76. The predicted molar refractivity (Wildman–Crippen MR) is 41.2 cm³/mol. The lowest BCUT2D eigenvalue weighted by atomic mass is 10.4. The van der Waals surface area contributed by atoms with Crippen molar-refractivity contribution >= 4 is 0 Å². The van der Waals surface area contributed by atoms with Gasteiger partial charge in [-0.25, -0.2) is 9.67 Å². The molecule has 0 aliphatic heterocycles. The Kier molecular flexibility index (Phi) is 2.77. The van der Waals surface area contributed by atoms with E-state index in [0.717, 1.165) is 0 Å². The second-order valence-electron chi connectivity index (χ2n) is 2.45. The highest BCUT2D eigenvalue weighted by Gasteiger charge is 2.03. The number of ether oxygens (including phenoxy) is 1. The van der Waals surface area contributed by atoms with E-state index < -0.39 is 0 Å².